The van der Waals surface area contributed by atoms with Crippen LogP contribution in [0.2, 0.25) is 0 Å². The second kappa shape index (κ2) is 4.29. The van der Waals surface area contributed by atoms with Crippen LogP contribution in [0.1, 0.15) is 29.0 Å². The van der Waals surface area contributed by atoms with Gasteiger partial charge >= 0.3 is 0 Å². The standard InChI is InChI=1S/C12H18N2O2/c1-9-3-6-11(13(9)2)12(16)14(7-8-15)10-4-5-10/h3,6,10,15H,4-5,7-8H2,1-2H3. The summed E-state index contributed by atoms with van der Waals surface area (Å²) in [6.07, 6.45) is 2.13. The summed E-state index contributed by atoms with van der Waals surface area (Å²) >= 11 is 0. The van der Waals surface area contributed by atoms with E-state index in [4.69, 9.17) is 5.11 Å². The highest BCUT2D eigenvalue weighted by Gasteiger charge is 2.33. The fourth-order valence-electron chi connectivity index (χ4n) is 1.92. The Hall–Kier alpha value is -1.29. The van der Waals surface area contributed by atoms with Gasteiger partial charge in [0.25, 0.3) is 5.91 Å². The number of carbonyl (C=O) groups is 1. The first kappa shape index (κ1) is 11.2. The molecule has 0 aliphatic heterocycles. The third kappa shape index (κ3) is 1.97. The van der Waals surface area contributed by atoms with Crippen molar-refractivity contribution in [3.05, 3.63) is 23.5 Å². The molecule has 0 aromatic carbocycles. The monoisotopic (exact) mass is 222 g/mol. The first-order chi connectivity index (χ1) is 7.65. The molecular formula is C12H18N2O2. The molecule has 1 saturated carbocycles. The van der Waals surface area contributed by atoms with Crippen LogP contribution in [0.5, 0.6) is 0 Å². The van der Waals surface area contributed by atoms with Crippen molar-refractivity contribution in [2.75, 3.05) is 13.2 Å². The normalized spacial score (nSPS) is 15.2. The van der Waals surface area contributed by atoms with Gasteiger partial charge in [-0.15, -0.1) is 0 Å². The lowest BCUT2D eigenvalue weighted by Gasteiger charge is -2.21. The van der Waals surface area contributed by atoms with Crippen molar-refractivity contribution in [1.82, 2.24) is 9.47 Å². The largest absolute Gasteiger partial charge is 0.395 e. The van der Waals surface area contributed by atoms with Gasteiger partial charge in [-0.25, -0.2) is 0 Å². The fraction of sp³-hybridized carbons (Fsp3) is 0.583. The number of carbonyl (C=O) groups excluding carboxylic acids is 1. The van der Waals surface area contributed by atoms with Gasteiger partial charge < -0.3 is 14.6 Å². The van der Waals surface area contributed by atoms with Gasteiger partial charge in [0.05, 0.1) is 6.61 Å². The van der Waals surface area contributed by atoms with Gasteiger partial charge in [0.15, 0.2) is 0 Å². The summed E-state index contributed by atoms with van der Waals surface area (Å²) in [6.45, 7) is 2.45. The second-order valence-electron chi connectivity index (χ2n) is 4.37. The molecule has 0 bridgehead atoms. The number of nitrogens with zero attached hydrogens (tertiary/aromatic N) is 2. The van der Waals surface area contributed by atoms with Crippen LogP contribution >= 0.6 is 0 Å². The average Bonchev–Trinajstić information content (AvgIpc) is 3.04. The minimum atomic E-state index is 0.0334. The highest BCUT2D eigenvalue weighted by atomic mass is 16.3. The van der Waals surface area contributed by atoms with Crippen LogP contribution in [0, 0.1) is 6.92 Å². The Kier molecular flexibility index (Phi) is 3.01. The first-order valence-corrected chi connectivity index (χ1v) is 5.69. The lowest BCUT2D eigenvalue weighted by atomic mass is 10.3. The Morgan fingerprint density at radius 3 is 2.69 bits per heavy atom. The number of hydrogen-bond acceptors (Lipinski definition) is 2. The van der Waals surface area contributed by atoms with E-state index < -0.39 is 0 Å². The van der Waals surface area contributed by atoms with Crippen LogP contribution in [-0.4, -0.2) is 39.7 Å². The first-order valence-electron chi connectivity index (χ1n) is 5.69. The van der Waals surface area contributed by atoms with E-state index in [1.54, 1.807) is 4.90 Å². The Bertz CT molecular complexity index is 394. The number of amides is 1. The van der Waals surface area contributed by atoms with Gasteiger partial charge in [-0.3, -0.25) is 4.79 Å². The number of aliphatic hydroxyl groups excluding tert-OH is 1. The quantitative estimate of drug-likeness (QED) is 0.823. The predicted molar refractivity (Wildman–Crippen MR) is 61.3 cm³/mol. The van der Waals surface area contributed by atoms with Crippen molar-refractivity contribution >= 4 is 5.91 Å². The topological polar surface area (TPSA) is 45.5 Å². The fourth-order valence-corrected chi connectivity index (χ4v) is 1.92. The van der Waals surface area contributed by atoms with E-state index >= 15 is 0 Å². The van der Waals surface area contributed by atoms with Gasteiger partial charge in [0.2, 0.25) is 0 Å². The third-order valence-corrected chi connectivity index (χ3v) is 3.18. The van der Waals surface area contributed by atoms with E-state index in [9.17, 15) is 4.79 Å². The molecule has 1 fully saturated rings. The maximum Gasteiger partial charge on any atom is 0.270 e. The Balaban J connectivity index is 2.18. The molecule has 1 amide bonds. The van der Waals surface area contributed by atoms with Crippen molar-refractivity contribution in [1.29, 1.82) is 0 Å². The minimum Gasteiger partial charge on any atom is -0.395 e. The summed E-state index contributed by atoms with van der Waals surface area (Å²) in [5.41, 5.74) is 1.78. The predicted octanol–water partition coefficient (Wildman–Crippen LogP) is 0.930. The molecule has 1 aromatic heterocycles. The van der Waals surface area contributed by atoms with Gasteiger partial charge in [-0.2, -0.15) is 0 Å². The van der Waals surface area contributed by atoms with E-state index in [1.807, 2.05) is 30.7 Å². The highest BCUT2D eigenvalue weighted by Crippen LogP contribution is 2.28. The van der Waals surface area contributed by atoms with Crippen LogP contribution in [0.25, 0.3) is 0 Å². The molecule has 16 heavy (non-hydrogen) atoms. The summed E-state index contributed by atoms with van der Waals surface area (Å²) < 4.78 is 1.90. The molecule has 0 unspecified atom stereocenters. The van der Waals surface area contributed by atoms with E-state index in [1.165, 1.54) is 0 Å². The molecule has 0 radical (unpaired) electrons. The lowest BCUT2D eigenvalue weighted by molar-refractivity contribution is 0.0698. The molecule has 0 saturated heterocycles. The summed E-state index contributed by atoms with van der Waals surface area (Å²) in [5, 5.41) is 8.98. The summed E-state index contributed by atoms with van der Waals surface area (Å²) in [7, 11) is 1.90. The van der Waals surface area contributed by atoms with E-state index in [0.29, 0.717) is 18.3 Å². The van der Waals surface area contributed by atoms with Crippen molar-refractivity contribution in [2.45, 2.75) is 25.8 Å². The van der Waals surface area contributed by atoms with Crippen LogP contribution in [0.15, 0.2) is 12.1 Å². The molecular weight excluding hydrogens is 204 g/mol. The van der Waals surface area contributed by atoms with Gasteiger partial charge in [0.1, 0.15) is 5.69 Å². The third-order valence-electron chi connectivity index (χ3n) is 3.18. The lowest BCUT2D eigenvalue weighted by Crippen LogP contribution is -2.36. The maximum absolute atomic E-state index is 12.2. The summed E-state index contributed by atoms with van der Waals surface area (Å²) in [4.78, 5) is 14.0. The Labute approximate surface area is 95.5 Å². The number of rotatable bonds is 4. The summed E-state index contributed by atoms with van der Waals surface area (Å²) in [6, 6.07) is 4.14. The molecule has 0 spiro atoms. The van der Waals surface area contributed by atoms with Gasteiger partial charge in [0, 0.05) is 25.3 Å². The van der Waals surface area contributed by atoms with E-state index in [0.717, 1.165) is 18.5 Å². The average molecular weight is 222 g/mol. The van der Waals surface area contributed by atoms with Crippen LogP contribution in [-0.2, 0) is 7.05 Å². The highest BCUT2D eigenvalue weighted by molar-refractivity contribution is 5.93. The van der Waals surface area contributed by atoms with Gasteiger partial charge in [-0.05, 0) is 31.9 Å². The molecule has 0 atom stereocenters. The molecule has 1 aromatic rings. The van der Waals surface area contributed by atoms with Crippen LogP contribution in [0.3, 0.4) is 0 Å². The molecule has 4 heteroatoms. The second-order valence-corrected chi connectivity index (χ2v) is 4.37. The molecule has 2 rings (SSSR count). The van der Waals surface area contributed by atoms with E-state index in [-0.39, 0.29) is 12.5 Å². The molecule has 88 valence electrons. The molecule has 1 aliphatic rings. The van der Waals surface area contributed by atoms with Crippen molar-refractivity contribution < 1.29 is 9.90 Å². The zero-order chi connectivity index (χ0) is 11.7. The molecule has 1 aliphatic carbocycles. The minimum absolute atomic E-state index is 0.0334. The zero-order valence-corrected chi connectivity index (χ0v) is 9.81. The Morgan fingerprint density at radius 1 is 1.56 bits per heavy atom. The Morgan fingerprint density at radius 2 is 2.25 bits per heavy atom. The number of aliphatic hydroxyl groups is 1. The molecule has 1 N–H and O–H groups in total. The smallest absolute Gasteiger partial charge is 0.270 e. The van der Waals surface area contributed by atoms with Crippen molar-refractivity contribution in [3.8, 4) is 0 Å². The van der Waals surface area contributed by atoms with E-state index in [2.05, 4.69) is 0 Å². The number of aromatic nitrogens is 1. The summed E-state index contributed by atoms with van der Waals surface area (Å²) in [5.74, 6) is 0.0344. The van der Waals surface area contributed by atoms with Crippen LogP contribution in [0.4, 0.5) is 0 Å². The number of hydrogen-bond donors (Lipinski definition) is 1. The SMILES string of the molecule is Cc1ccc(C(=O)N(CCO)C2CC2)n1C. The molecule has 4 nitrogen and oxygen atoms in total. The number of aryl methyl sites for hydroxylation is 1. The van der Waals surface area contributed by atoms with Crippen molar-refractivity contribution in [2.24, 2.45) is 7.05 Å². The van der Waals surface area contributed by atoms with Crippen LogP contribution < -0.4 is 0 Å². The van der Waals surface area contributed by atoms with Gasteiger partial charge in [-0.1, -0.05) is 0 Å². The maximum atomic E-state index is 12.2. The molecule has 1 heterocycles. The van der Waals surface area contributed by atoms with Crippen molar-refractivity contribution in [3.63, 3.8) is 0 Å². The zero-order valence-electron chi connectivity index (χ0n) is 9.81.